The van der Waals surface area contributed by atoms with Crippen molar-refractivity contribution in [3.05, 3.63) is 58.2 Å². The number of sulfonamides is 1. The van der Waals surface area contributed by atoms with Gasteiger partial charge in [-0.1, -0.05) is 35.9 Å². The summed E-state index contributed by atoms with van der Waals surface area (Å²) in [4.78, 5) is 9.47. The predicted octanol–water partition coefficient (Wildman–Crippen LogP) is 4.83. The number of rotatable bonds is 3. The minimum Gasteiger partial charge on any atom is -0.369 e. The zero-order valence-corrected chi connectivity index (χ0v) is 21.1. The minimum absolute atomic E-state index is 0.127. The van der Waals surface area contributed by atoms with Crippen molar-refractivity contribution in [1.82, 2.24) is 19.5 Å². The van der Waals surface area contributed by atoms with E-state index < -0.39 is 27.4 Å². The van der Waals surface area contributed by atoms with Gasteiger partial charge in [0.25, 0.3) is 0 Å². The standard InChI is InChI=1S/C22H18ClF3N6O2S2/c1-21(10-36(33,34)32(2)20(27)29-21)19-16(23)13-7-8-28-17(18(13)35-19)12-5-3-11(4-6-12)14-9-15(31-30-14)22(24,25)26/h3-9H,10H2,1-2H3,(H2,27,29)(H,30,31). The van der Waals surface area contributed by atoms with Gasteiger partial charge in [0.1, 0.15) is 11.2 Å². The molecule has 4 heterocycles. The summed E-state index contributed by atoms with van der Waals surface area (Å²) < 4.78 is 65.6. The highest BCUT2D eigenvalue weighted by molar-refractivity contribution is 7.89. The number of thiophene rings is 1. The number of aromatic amines is 1. The van der Waals surface area contributed by atoms with Crippen molar-refractivity contribution in [1.29, 1.82) is 0 Å². The molecule has 3 N–H and O–H groups in total. The minimum atomic E-state index is -4.51. The van der Waals surface area contributed by atoms with E-state index in [-0.39, 0.29) is 17.4 Å². The Hall–Kier alpha value is -3.16. The van der Waals surface area contributed by atoms with E-state index in [1.165, 1.54) is 18.4 Å². The fraction of sp³-hybridized carbons (Fsp3) is 0.227. The van der Waals surface area contributed by atoms with Gasteiger partial charge in [-0.3, -0.25) is 10.1 Å². The van der Waals surface area contributed by atoms with Gasteiger partial charge in [-0.2, -0.15) is 18.3 Å². The number of benzene rings is 1. The largest absolute Gasteiger partial charge is 0.432 e. The highest BCUT2D eigenvalue weighted by atomic mass is 35.5. The van der Waals surface area contributed by atoms with Crippen LogP contribution in [0.2, 0.25) is 5.02 Å². The number of nitrogens with two attached hydrogens (primary N) is 1. The van der Waals surface area contributed by atoms with Gasteiger partial charge in [0.05, 0.1) is 31.7 Å². The molecule has 8 nitrogen and oxygen atoms in total. The van der Waals surface area contributed by atoms with Crippen molar-refractivity contribution < 1.29 is 21.6 Å². The van der Waals surface area contributed by atoms with Gasteiger partial charge in [-0.05, 0) is 19.1 Å². The van der Waals surface area contributed by atoms with Crippen LogP contribution in [0.5, 0.6) is 0 Å². The third-order valence-corrected chi connectivity index (χ3v) is 9.85. The molecular weight excluding hydrogens is 537 g/mol. The number of pyridine rings is 1. The van der Waals surface area contributed by atoms with Crippen LogP contribution in [0.4, 0.5) is 13.2 Å². The second-order valence-electron chi connectivity index (χ2n) is 8.49. The molecule has 5 rings (SSSR count). The van der Waals surface area contributed by atoms with Crippen LogP contribution in [0.15, 0.2) is 47.6 Å². The van der Waals surface area contributed by atoms with Crippen LogP contribution in [0, 0.1) is 0 Å². The van der Waals surface area contributed by atoms with E-state index in [1.54, 1.807) is 43.5 Å². The molecule has 1 aliphatic heterocycles. The first-order valence-corrected chi connectivity index (χ1v) is 13.2. The predicted molar refractivity (Wildman–Crippen MR) is 133 cm³/mol. The molecule has 0 radical (unpaired) electrons. The van der Waals surface area contributed by atoms with Crippen LogP contribution in [0.3, 0.4) is 0 Å². The van der Waals surface area contributed by atoms with Gasteiger partial charge in [0.2, 0.25) is 16.0 Å². The quantitative estimate of drug-likeness (QED) is 0.376. The lowest BCUT2D eigenvalue weighted by molar-refractivity contribution is -0.141. The lowest BCUT2D eigenvalue weighted by atomic mass is 10.0. The average molecular weight is 555 g/mol. The van der Waals surface area contributed by atoms with Crippen LogP contribution in [-0.2, 0) is 21.7 Å². The summed E-state index contributed by atoms with van der Waals surface area (Å²) in [7, 11) is -2.34. The maximum Gasteiger partial charge on any atom is 0.432 e. The highest BCUT2D eigenvalue weighted by Gasteiger charge is 2.43. The number of alkyl halides is 3. The smallest absolute Gasteiger partial charge is 0.369 e. The molecule has 0 fully saturated rings. The summed E-state index contributed by atoms with van der Waals surface area (Å²) in [5.41, 5.74) is 5.72. The number of hydrogen-bond acceptors (Lipinski definition) is 7. The van der Waals surface area contributed by atoms with E-state index in [2.05, 4.69) is 15.1 Å². The average Bonchev–Trinajstić information content (AvgIpc) is 3.43. The maximum absolute atomic E-state index is 12.9. The van der Waals surface area contributed by atoms with Gasteiger partial charge < -0.3 is 5.73 Å². The van der Waals surface area contributed by atoms with Crippen LogP contribution in [-0.4, -0.2) is 46.7 Å². The summed E-state index contributed by atoms with van der Waals surface area (Å²) in [6, 6.07) is 9.43. The molecule has 36 heavy (non-hydrogen) atoms. The van der Waals surface area contributed by atoms with Crippen LogP contribution < -0.4 is 5.73 Å². The molecule has 4 aromatic rings. The number of guanidine groups is 1. The first-order valence-electron chi connectivity index (χ1n) is 10.4. The third-order valence-electron chi connectivity index (χ3n) is 5.94. The number of halogens is 4. The lowest BCUT2D eigenvalue weighted by Crippen LogP contribution is -2.50. The van der Waals surface area contributed by atoms with Gasteiger partial charge in [-0.15, -0.1) is 11.3 Å². The number of aliphatic imine (C=N–C) groups is 1. The van der Waals surface area contributed by atoms with Gasteiger partial charge in [0, 0.05) is 29.8 Å². The number of hydrogen-bond donors (Lipinski definition) is 2. The molecule has 0 bridgehead atoms. The Balaban J connectivity index is 1.57. The summed E-state index contributed by atoms with van der Waals surface area (Å²) in [5.74, 6) is -0.427. The Morgan fingerprint density at radius 2 is 1.86 bits per heavy atom. The molecule has 188 valence electrons. The Morgan fingerprint density at radius 1 is 1.19 bits per heavy atom. The number of nitrogens with one attached hydrogen (secondary N) is 1. The molecule has 3 aromatic heterocycles. The lowest BCUT2D eigenvalue weighted by Gasteiger charge is -2.33. The number of nitrogens with zero attached hydrogens (tertiary/aromatic N) is 4. The van der Waals surface area contributed by atoms with Crippen LogP contribution in [0.1, 0.15) is 17.5 Å². The Bertz CT molecular complexity index is 1630. The zero-order valence-electron chi connectivity index (χ0n) is 18.8. The fourth-order valence-electron chi connectivity index (χ4n) is 4.03. The van der Waals surface area contributed by atoms with Crippen molar-refractivity contribution in [2.45, 2.75) is 18.6 Å². The van der Waals surface area contributed by atoms with E-state index >= 15 is 0 Å². The van der Waals surface area contributed by atoms with Crippen molar-refractivity contribution in [2.24, 2.45) is 10.7 Å². The third kappa shape index (κ3) is 4.00. The zero-order chi connectivity index (χ0) is 26.0. The Labute approximate surface area is 212 Å². The summed E-state index contributed by atoms with van der Waals surface area (Å²) in [6.07, 6.45) is -2.93. The summed E-state index contributed by atoms with van der Waals surface area (Å²) in [5, 5.41) is 6.80. The van der Waals surface area contributed by atoms with Gasteiger partial charge in [-0.25, -0.2) is 17.7 Å². The van der Waals surface area contributed by atoms with Crippen molar-refractivity contribution in [3.63, 3.8) is 0 Å². The molecule has 14 heteroatoms. The Morgan fingerprint density at radius 3 is 2.47 bits per heavy atom. The SMILES string of the molecule is CN1C(N)=NC(C)(c2sc3c(-c4ccc(-c5cc(C(F)(F)F)[nH]n5)cc4)nccc3c2Cl)CS1(=O)=O. The monoisotopic (exact) mass is 554 g/mol. The number of fused-ring (bicyclic) bond motifs is 1. The number of aromatic nitrogens is 3. The first-order chi connectivity index (χ1) is 16.8. The van der Waals surface area contributed by atoms with Crippen LogP contribution in [0.25, 0.3) is 32.6 Å². The molecule has 1 aliphatic rings. The fourth-order valence-corrected chi connectivity index (χ4v) is 7.38. The van der Waals surface area contributed by atoms with E-state index in [0.717, 1.165) is 15.1 Å². The molecule has 0 saturated carbocycles. The van der Waals surface area contributed by atoms with Crippen molar-refractivity contribution >= 4 is 49.0 Å². The van der Waals surface area contributed by atoms with Crippen molar-refractivity contribution in [2.75, 3.05) is 12.8 Å². The summed E-state index contributed by atoms with van der Waals surface area (Å²) >= 11 is 8.00. The number of H-pyrrole nitrogens is 1. The van der Waals surface area contributed by atoms with E-state index in [0.29, 0.717) is 32.1 Å². The molecule has 0 spiro atoms. The molecular formula is C22H18ClF3N6O2S2. The molecule has 1 unspecified atom stereocenters. The Kier molecular flexibility index (Phi) is 5.57. The summed E-state index contributed by atoms with van der Waals surface area (Å²) in [6.45, 7) is 1.67. The van der Waals surface area contributed by atoms with E-state index in [1.807, 2.05) is 5.10 Å². The normalized spacial score (nSPS) is 20.1. The van der Waals surface area contributed by atoms with Crippen molar-refractivity contribution in [3.8, 4) is 22.5 Å². The highest BCUT2D eigenvalue weighted by Crippen LogP contribution is 2.47. The first kappa shape index (κ1) is 24.5. The van der Waals surface area contributed by atoms with Gasteiger partial charge in [0.15, 0.2) is 0 Å². The molecule has 0 aliphatic carbocycles. The van der Waals surface area contributed by atoms with Crippen LogP contribution >= 0.6 is 22.9 Å². The maximum atomic E-state index is 12.9. The molecule has 0 saturated heterocycles. The molecule has 1 aromatic carbocycles. The molecule has 0 amide bonds. The van der Waals surface area contributed by atoms with E-state index in [9.17, 15) is 21.6 Å². The second-order valence-corrected chi connectivity index (χ2v) is 11.9. The molecule has 1 atom stereocenters. The topological polar surface area (TPSA) is 117 Å². The van der Waals surface area contributed by atoms with Gasteiger partial charge >= 0.3 is 6.18 Å². The van der Waals surface area contributed by atoms with E-state index in [4.69, 9.17) is 17.3 Å². The second kappa shape index (κ2) is 8.18.